The number of carbonyl (C=O) groups is 1. The highest BCUT2D eigenvalue weighted by atomic mass is 16.2. The molecule has 0 saturated heterocycles. The van der Waals surface area contributed by atoms with E-state index in [1.54, 1.807) is 4.90 Å². The Kier molecular flexibility index (Phi) is 3.56. The van der Waals surface area contributed by atoms with Gasteiger partial charge in [-0.05, 0) is 31.5 Å². The van der Waals surface area contributed by atoms with Crippen LogP contribution in [0.1, 0.15) is 19.4 Å². The zero-order chi connectivity index (χ0) is 13.9. The van der Waals surface area contributed by atoms with Crippen LogP contribution in [-0.4, -0.2) is 6.03 Å². The van der Waals surface area contributed by atoms with Gasteiger partial charge < -0.3 is 5.73 Å². The highest BCUT2D eigenvalue weighted by Gasteiger charge is 2.32. The van der Waals surface area contributed by atoms with Crippen LogP contribution in [0.3, 0.4) is 0 Å². The van der Waals surface area contributed by atoms with Gasteiger partial charge >= 0.3 is 6.03 Å². The van der Waals surface area contributed by atoms with Crippen molar-refractivity contribution in [2.24, 2.45) is 5.73 Å². The molecule has 3 heteroatoms. The molecule has 2 aromatic carbocycles. The van der Waals surface area contributed by atoms with E-state index in [1.165, 1.54) is 0 Å². The summed E-state index contributed by atoms with van der Waals surface area (Å²) in [4.78, 5) is 13.5. The van der Waals surface area contributed by atoms with E-state index in [1.807, 2.05) is 74.5 Å². The molecule has 2 rings (SSSR count). The van der Waals surface area contributed by atoms with Crippen LogP contribution < -0.4 is 10.6 Å². The van der Waals surface area contributed by atoms with Gasteiger partial charge in [0.15, 0.2) is 0 Å². The van der Waals surface area contributed by atoms with Crippen molar-refractivity contribution >= 4 is 11.7 Å². The molecular weight excluding hydrogens is 236 g/mol. The summed E-state index contributed by atoms with van der Waals surface area (Å²) >= 11 is 0. The summed E-state index contributed by atoms with van der Waals surface area (Å²) in [5, 5.41) is 0. The normalized spacial score (nSPS) is 11.1. The standard InChI is InChI=1S/C16H18N2O/c1-16(2,13-9-5-3-6-10-13)18(15(17)19)14-11-7-4-8-12-14/h3-12H,1-2H3,(H2,17,19). The Hall–Kier alpha value is -2.29. The van der Waals surface area contributed by atoms with Crippen LogP contribution in [0.4, 0.5) is 10.5 Å². The largest absolute Gasteiger partial charge is 0.351 e. The number of hydrogen-bond donors (Lipinski definition) is 1. The quantitative estimate of drug-likeness (QED) is 0.895. The Morgan fingerprint density at radius 2 is 1.42 bits per heavy atom. The third-order valence-corrected chi connectivity index (χ3v) is 3.27. The van der Waals surface area contributed by atoms with Gasteiger partial charge in [0, 0.05) is 5.69 Å². The molecule has 0 bridgehead atoms. The van der Waals surface area contributed by atoms with Gasteiger partial charge in [-0.15, -0.1) is 0 Å². The molecule has 0 aliphatic heterocycles. The van der Waals surface area contributed by atoms with Gasteiger partial charge in [-0.25, -0.2) is 4.79 Å². The van der Waals surface area contributed by atoms with Crippen molar-refractivity contribution in [2.75, 3.05) is 4.90 Å². The Labute approximate surface area is 113 Å². The van der Waals surface area contributed by atoms with Crippen molar-refractivity contribution in [3.63, 3.8) is 0 Å². The summed E-state index contributed by atoms with van der Waals surface area (Å²) in [5.41, 5.74) is 6.91. The summed E-state index contributed by atoms with van der Waals surface area (Å²) in [7, 11) is 0. The average Bonchev–Trinajstić information content (AvgIpc) is 2.40. The van der Waals surface area contributed by atoms with E-state index in [2.05, 4.69) is 0 Å². The van der Waals surface area contributed by atoms with E-state index in [4.69, 9.17) is 5.73 Å². The van der Waals surface area contributed by atoms with Gasteiger partial charge in [0.1, 0.15) is 0 Å². The van der Waals surface area contributed by atoms with Crippen LogP contribution in [0.5, 0.6) is 0 Å². The van der Waals surface area contributed by atoms with Gasteiger partial charge in [0.2, 0.25) is 0 Å². The van der Waals surface area contributed by atoms with Crippen LogP contribution in [0.2, 0.25) is 0 Å². The molecular formula is C16H18N2O. The van der Waals surface area contributed by atoms with Gasteiger partial charge in [0.25, 0.3) is 0 Å². The zero-order valence-corrected chi connectivity index (χ0v) is 11.2. The Morgan fingerprint density at radius 1 is 0.947 bits per heavy atom. The van der Waals surface area contributed by atoms with E-state index in [9.17, 15) is 4.79 Å². The molecule has 0 unspecified atom stereocenters. The van der Waals surface area contributed by atoms with E-state index >= 15 is 0 Å². The topological polar surface area (TPSA) is 46.3 Å². The molecule has 0 radical (unpaired) electrons. The smallest absolute Gasteiger partial charge is 0.320 e. The predicted molar refractivity (Wildman–Crippen MR) is 78.0 cm³/mol. The number of anilines is 1. The van der Waals surface area contributed by atoms with E-state index in [-0.39, 0.29) is 0 Å². The zero-order valence-electron chi connectivity index (χ0n) is 11.2. The maximum Gasteiger partial charge on any atom is 0.320 e. The van der Waals surface area contributed by atoms with Gasteiger partial charge in [0.05, 0.1) is 5.54 Å². The van der Waals surface area contributed by atoms with Crippen molar-refractivity contribution in [1.29, 1.82) is 0 Å². The van der Waals surface area contributed by atoms with E-state index < -0.39 is 11.6 Å². The lowest BCUT2D eigenvalue weighted by atomic mass is 9.92. The molecule has 0 heterocycles. The SMILES string of the molecule is CC(C)(c1ccccc1)N(C(N)=O)c1ccccc1. The molecule has 0 fully saturated rings. The number of urea groups is 1. The summed E-state index contributed by atoms with van der Waals surface area (Å²) in [6, 6.07) is 18.9. The number of amides is 2. The number of benzene rings is 2. The minimum absolute atomic E-state index is 0.458. The average molecular weight is 254 g/mol. The minimum Gasteiger partial charge on any atom is -0.351 e. The van der Waals surface area contributed by atoms with Crippen LogP contribution in [0.25, 0.3) is 0 Å². The lowest BCUT2D eigenvalue weighted by Crippen LogP contribution is -2.48. The molecule has 0 aliphatic carbocycles. The second-order valence-corrected chi connectivity index (χ2v) is 4.93. The first kappa shape index (κ1) is 13.1. The minimum atomic E-state index is -0.506. The van der Waals surface area contributed by atoms with Crippen molar-refractivity contribution in [3.8, 4) is 0 Å². The summed E-state index contributed by atoms with van der Waals surface area (Å²) in [6.07, 6.45) is 0. The van der Waals surface area contributed by atoms with Crippen LogP contribution in [0, 0.1) is 0 Å². The molecule has 2 N–H and O–H groups in total. The summed E-state index contributed by atoms with van der Waals surface area (Å²) in [6.45, 7) is 3.97. The molecule has 2 aromatic rings. The Morgan fingerprint density at radius 3 is 1.89 bits per heavy atom. The van der Waals surface area contributed by atoms with Crippen molar-refractivity contribution in [3.05, 3.63) is 66.2 Å². The molecule has 0 aliphatic rings. The highest BCUT2D eigenvalue weighted by molar-refractivity contribution is 5.92. The van der Waals surface area contributed by atoms with Crippen molar-refractivity contribution in [1.82, 2.24) is 0 Å². The molecule has 2 amide bonds. The first-order valence-corrected chi connectivity index (χ1v) is 6.23. The van der Waals surface area contributed by atoms with Crippen molar-refractivity contribution < 1.29 is 4.79 Å². The van der Waals surface area contributed by atoms with E-state index in [0.717, 1.165) is 11.3 Å². The van der Waals surface area contributed by atoms with Gasteiger partial charge in [-0.2, -0.15) is 0 Å². The number of primary amides is 1. The molecule has 0 aromatic heterocycles. The monoisotopic (exact) mass is 254 g/mol. The fourth-order valence-electron chi connectivity index (χ4n) is 2.28. The number of nitrogens with zero attached hydrogens (tertiary/aromatic N) is 1. The number of rotatable bonds is 3. The fourth-order valence-corrected chi connectivity index (χ4v) is 2.28. The van der Waals surface area contributed by atoms with Gasteiger partial charge in [-0.1, -0.05) is 48.5 Å². The lowest BCUT2D eigenvalue weighted by molar-refractivity contribution is 0.248. The Balaban J connectivity index is 2.48. The maximum absolute atomic E-state index is 11.9. The maximum atomic E-state index is 11.9. The highest BCUT2D eigenvalue weighted by Crippen LogP contribution is 2.32. The summed E-state index contributed by atoms with van der Waals surface area (Å²) < 4.78 is 0. The van der Waals surface area contributed by atoms with E-state index in [0.29, 0.717) is 0 Å². The first-order valence-electron chi connectivity index (χ1n) is 6.23. The predicted octanol–water partition coefficient (Wildman–Crippen LogP) is 3.51. The van der Waals surface area contributed by atoms with Crippen molar-refractivity contribution in [2.45, 2.75) is 19.4 Å². The fraction of sp³-hybridized carbons (Fsp3) is 0.188. The number of para-hydroxylation sites is 1. The second kappa shape index (κ2) is 5.14. The number of nitrogens with two attached hydrogens (primary N) is 1. The lowest BCUT2D eigenvalue weighted by Gasteiger charge is -2.38. The number of carbonyl (C=O) groups excluding carboxylic acids is 1. The first-order chi connectivity index (χ1) is 9.03. The third kappa shape index (κ3) is 2.60. The van der Waals surface area contributed by atoms with Crippen LogP contribution in [0.15, 0.2) is 60.7 Å². The molecule has 3 nitrogen and oxygen atoms in total. The molecule has 98 valence electrons. The Bertz CT molecular complexity index is 549. The molecule has 19 heavy (non-hydrogen) atoms. The van der Waals surface area contributed by atoms with Crippen LogP contribution in [-0.2, 0) is 5.54 Å². The third-order valence-electron chi connectivity index (χ3n) is 3.27. The molecule has 0 spiro atoms. The van der Waals surface area contributed by atoms with Crippen LogP contribution >= 0.6 is 0 Å². The second-order valence-electron chi connectivity index (χ2n) is 4.93. The molecule has 0 atom stereocenters. The molecule has 0 saturated carbocycles. The number of hydrogen-bond acceptors (Lipinski definition) is 1. The summed E-state index contributed by atoms with van der Waals surface area (Å²) in [5.74, 6) is 0. The van der Waals surface area contributed by atoms with Gasteiger partial charge in [-0.3, -0.25) is 4.90 Å².